The molecule has 0 saturated carbocycles. The van der Waals surface area contributed by atoms with Crippen molar-refractivity contribution < 1.29 is 18.3 Å². The van der Waals surface area contributed by atoms with Gasteiger partial charge in [-0.2, -0.15) is 4.72 Å². The second kappa shape index (κ2) is 5.93. The van der Waals surface area contributed by atoms with Crippen LogP contribution in [-0.4, -0.2) is 25.5 Å². The van der Waals surface area contributed by atoms with E-state index in [0.717, 1.165) is 24.8 Å². The van der Waals surface area contributed by atoms with Gasteiger partial charge in [-0.05, 0) is 48.9 Å². The standard InChI is InChI=1S/C14H19NO4S/c1-2-4-13(14(16)17)15-20(18,19)12-8-7-10-5-3-6-11(10)9-12/h7-9,13,15H,2-6H2,1H3,(H,16,17). The lowest BCUT2D eigenvalue weighted by Gasteiger charge is -2.14. The highest BCUT2D eigenvalue weighted by Crippen LogP contribution is 2.24. The van der Waals surface area contributed by atoms with Crippen LogP contribution in [0.15, 0.2) is 23.1 Å². The van der Waals surface area contributed by atoms with Crippen LogP contribution in [0.4, 0.5) is 0 Å². The first kappa shape index (κ1) is 15.0. The van der Waals surface area contributed by atoms with Crippen LogP contribution < -0.4 is 4.72 Å². The predicted octanol–water partition coefficient (Wildman–Crippen LogP) is 1.71. The highest BCUT2D eigenvalue weighted by Gasteiger charge is 2.25. The second-order valence-corrected chi connectivity index (χ2v) is 6.80. The van der Waals surface area contributed by atoms with Gasteiger partial charge in [-0.3, -0.25) is 4.79 Å². The van der Waals surface area contributed by atoms with Crippen molar-refractivity contribution in [2.24, 2.45) is 0 Å². The first-order chi connectivity index (χ1) is 9.44. The Morgan fingerprint density at radius 2 is 2.05 bits per heavy atom. The average Bonchev–Trinajstić information content (AvgIpc) is 2.85. The molecule has 110 valence electrons. The molecule has 1 aromatic rings. The van der Waals surface area contributed by atoms with E-state index in [0.29, 0.717) is 6.42 Å². The van der Waals surface area contributed by atoms with Gasteiger partial charge < -0.3 is 5.11 Å². The van der Waals surface area contributed by atoms with Gasteiger partial charge in [-0.25, -0.2) is 8.42 Å². The topological polar surface area (TPSA) is 83.5 Å². The van der Waals surface area contributed by atoms with E-state index in [1.807, 2.05) is 13.0 Å². The number of carbonyl (C=O) groups is 1. The number of hydrogen-bond donors (Lipinski definition) is 2. The number of rotatable bonds is 6. The van der Waals surface area contributed by atoms with Crippen molar-refractivity contribution >= 4 is 16.0 Å². The van der Waals surface area contributed by atoms with Crippen molar-refractivity contribution in [1.29, 1.82) is 0 Å². The fourth-order valence-electron chi connectivity index (χ4n) is 2.49. The van der Waals surface area contributed by atoms with Gasteiger partial charge in [0.15, 0.2) is 0 Å². The molecule has 0 radical (unpaired) electrons. The Morgan fingerprint density at radius 3 is 2.70 bits per heavy atom. The van der Waals surface area contributed by atoms with E-state index < -0.39 is 22.0 Å². The molecule has 0 fully saturated rings. The molecule has 0 aliphatic heterocycles. The largest absolute Gasteiger partial charge is 0.480 e. The fraction of sp³-hybridized carbons (Fsp3) is 0.500. The number of hydrogen-bond acceptors (Lipinski definition) is 3. The molecule has 1 aliphatic rings. The summed E-state index contributed by atoms with van der Waals surface area (Å²) in [4.78, 5) is 11.2. The Labute approximate surface area is 119 Å². The lowest BCUT2D eigenvalue weighted by atomic mass is 10.1. The molecule has 20 heavy (non-hydrogen) atoms. The van der Waals surface area contributed by atoms with Crippen LogP contribution >= 0.6 is 0 Å². The molecule has 0 saturated heterocycles. The Morgan fingerprint density at radius 1 is 1.35 bits per heavy atom. The van der Waals surface area contributed by atoms with Crippen LogP contribution in [0.1, 0.15) is 37.3 Å². The molecule has 0 amide bonds. The van der Waals surface area contributed by atoms with Crippen LogP contribution in [0.5, 0.6) is 0 Å². The zero-order chi connectivity index (χ0) is 14.8. The molecule has 6 heteroatoms. The molecule has 2 N–H and O–H groups in total. The third-order valence-electron chi connectivity index (χ3n) is 3.55. The molecule has 0 aromatic heterocycles. The fourth-order valence-corrected chi connectivity index (χ4v) is 3.77. The van der Waals surface area contributed by atoms with Gasteiger partial charge in [0.05, 0.1) is 4.90 Å². The maximum absolute atomic E-state index is 12.2. The van der Waals surface area contributed by atoms with E-state index in [9.17, 15) is 13.2 Å². The molecule has 1 atom stereocenters. The average molecular weight is 297 g/mol. The number of carboxylic acids is 1. The Hall–Kier alpha value is -1.40. The summed E-state index contributed by atoms with van der Waals surface area (Å²) >= 11 is 0. The number of carboxylic acid groups (broad SMARTS) is 1. The van der Waals surface area contributed by atoms with Crippen molar-refractivity contribution in [2.45, 2.75) is 50.0 Å². The van der Waals surface area contributed by atoms with Crippen LogP contribution in [0.3, 0.4) is 0 Å². The number of aryl methyl sites for hydroxylation is 2. The molecule has 1 unspecified atom stereocenters. The Kier molecular flexibility index (Phi) is 4.45. The van der Waals surface area contributed by atoms with E-state index in [1.54, 1.807) is 12.1 Å². The Bertz CT molecular complexity index is 610. The summed E-state index contributed by atoms with van der Waals surface area (Å²) in [7, 11) is -3.78. The summed E-state index contributed by atoms with van der Waals surface area (Å²) in [6.07, 6.45) is 3.79. The van der Waals surface area contributed by atoms with Crippen LogP contribution in [-0.2, 0) is 27.7 Å². The smallest absolute Gasteiger partial charge is 0.321 e. The first-order valence-electron chi connectivity index (χ1n) is 6.81. The quantitative estimate of drug-likeness (QED) is 0.837. The SMILES string of the molecule is CCCC(NS(=O)(=O)c1ccc2c(c1)CCC2)C(=O)O. The number of benzene rings is 1. The minimum absolute atomic E-state index is 0.153. The summed E-state index contributed by atoms with van der Waals surface area (Å²) in [5.41, 5.74) is 2.24. The van der Waals surface area contributed by atoms with Gasteiger partial charge >= 0.3 is 5.97 Å². The van der Waals surface area contributed by atoms with Gasteiger partial charge in [0.2, 0.25) is 10.0 Å². The normalized spacial score (nSPS) is 15.8. The van der Waals surface area contributed by atoms with Gasteiger partial charge in [0.1, 0.15) is 6.04 Å². The predicted molar refractivity (Wildman–Crippen MR) is 75.1 cm³/mol. The second-order valence-electron chi connectivity index (χ2n) is 5.08. The van der Waals surface area contributed by atoms with Gasteiger partial charge in [-0.1, -0.05) is 19.4 Å². The van der Waals surface area contributed by atoms with Crippen molar-refractivity contribution in [3.05, 3.63) is 29.3 Å². The summed E-state index contributed by atoms with van der Waals surface area (Å²) < 4.78 is 26.8. The van der Waals surface area contributed by atoms with Gasteiger partial charge in [0.25, 0.3) is 0 Å². The maximum Gasteiger partial charge on any atom is 0.321 e. The third kappa shape index (κ3) is 3.19. The van der Waals surface area contributed by atoms with Crippen LogP contribution in [0, 0.1) is 0 Å². The number of aliphatic carboxylic acids is 1. The summed E-state index contributed by atoms with van der Waals surface area (Å²) in [5, 5.41) is 9.04. The van der Waals surface area contributed by atoms with Crippen molar-refractivity contribution in [3.63, 3.8) is 0 Å². The van der Waals surface area contributed by atoms with Crippen molar-refractivity contribution in [3.8, 4) is 0 Å². The highest BCUT2D eigenvalue weighted by molar-refractivity contribution is 7.89. The molecule has 0 heterocycles. The van der Waals surface area contributed by atoms with Crippen LogP contribution in [0.25, 0.3) is 0 Å². The third-order valence-corrected chi connectivity index (χ3v) is 5.02. The summed E-state index contributed by atoms with van der Waals surface area (Å²) in [6, 6.07) is 3.97. The molecular formula is C14H19NO4S. The lowest BCUT2D eigenvalue weighted by molar-refractivity contribution is -0.139. The van der Waals surface area contributed by atoms with E-state index in [-0.39, 0.29) is 11.3 Å². The van der Waals surface area contributed by atoms with Gasteiger partial charge in [-0.15, -0.1) is 0 Å². The maximum atomic E-state index is 12.2. The molecule has 0 spiro atoms. The zero-order valence-electron chi connectivity index (χ0n) is 11.4. The summed E-state index contributed by atoms with van der Waals surface area (Å²) in [5.74, 6) is -1.14. The molecular weight excluding hydrogens is 278 g/mol. The Balaban J connectivity index is 2.23. The number of fused-ring (bicyclic) bond motifs is 1. The van der Waals surface area contributed by atoms with E-state index >= 15 is 0 Å². The van der Waals surface area contributed by atoms with Crippen LogP contribution in [0.2, 0.25) is 0 Å². The van der Waals surface area contributed by atoms with E-state index in [1.165, 1.54) is 5.56 Å². The minimum atomic E-state index is -3.78. The molecule has 2 rings (SSSR count). The van der Waals surface area contributed by atoms with Crippen molar-refractivity contribution in [1.82, 2.24) is 4.72 Å². The van der Waals surface area contributed by atoms with Gasteiger partial charge in [0, 0.05) is 0 Å². The first-order valence-corrected chi connectivity index (χ1v) is 8.29. The molecule has 1 aromatic carbocycles. The summed E-state index contributed by atoms with van der Waals surface area (Å²) in [6.45, 7) is 1.82. The molecule has 0 bridgehead atoms. The minimum Gasteiger partial charge on any atom is -0.480 e. The number of nitrogens with one attached hydrogen (secondary N) is 1. The zero-order valence-corrected chi connectivity index (χ0v) is 12.2. The monoisotopic (exact) mass is 297 g/mol. The van der Waals surface area contributed by atoms with Crippen molar-refractivity contribution in [2.75, 3.05) is 0 Å². The molecule has 5 nitrogen and oxygen atoms in total. The molecule has 1 aliphatic carbocycles. The van der Waals surface area contributed by atoms with E-state index in [4.69, 9.17) is 5.11 Å². The van der Waals surface area contributed by atoms with E-state index in [2.05, 4.69) is 4.72 Å². The number of sulfonamides is 1. The lowest BCUT2D eigenvalue weighted by Crippen LogP contribution is -2.40. The highest BCUT2D eigenvalue weighted by atomic mass is 32.2.